The number of ether oxygens (including phenoxy) is 1. The Morgan fingerprint density at radius 2 is 1.88 bits per heavy atom. The van der Waals surface area contributed by atoms with E-state index in [9.17, 15) is 0 Å². The molecular weight excluding hydrogens is 312 g/mol. The molecule has 0 saturated carbocycles. The zero-order valence-corrected chi connectivity index (χ0v) is 14.2. The fourth-order valence-corrected chi connectivity index (χ4v) is 2.50. The number of likely N-dealkylation sites (N-methyl/N-ethyl adjacent to an activating group) is 1. The number of hydrogen-bond acceptors (Lipinski definition) is 4. The highest BCUT2D eigenvalue weighted by Gasteiger charge is 2.05. The molecule has 3 aromatic rings. The molecule has 0 unspecified atom stereocenters. The van der Waals surface area contributed by atoms with Crippen LogP contribution in [0.5, 0.6) is 5.75 Å². The van der Waals surface area contributed by atoms with Gasteiger partial charge in [0.1, 0.15) is 12.4 Å². The van der Waals surface area contributed by atoms with Crippen molar-refractivity contribution in [2.45, 2.75) is 6.54 Å². The van der Waals surface area contributed by atoms with Crippen LogP contribution in [0, 0.1) is 11.3 Å². The Morgan fingerprint density at radius 1 is 1.12 bits per heavy atom. The highest BCUT2D eigenvalue weighted by molar-refractivity contribution is 5.34. The maximum Gasteiger partial charge on any atom is 0.119 e. The van der Waals surface area contributed by atoms with Crippen molar-refractivity contribution in [3.05, 3.63) is 78.1 Å². The second-order valence-corrected chi connectivity index (χ2v) is 5.85. The van der Waals surface area contributed by atoms with Crippen molar-refractivity contribution in [1.29, 1.82) is 5.26 Å². The standard InChI is InChI=1S/C20H20N4O/c1-23(11-12-25-20-9-7-17(13-21)8-10-20)15-18-14-22-24(16-18)19-5-3-2-4-6-19/h2-10,14,16H,11-12,15H2,1H3. The van der Waals surface area contributed by atoms with Gasteiger partial charge in [-0.25, -0.2) is 4.68 Å². The van der Waals surface area contributed by atoms with Crippen LogP contribution in [-0.2, 0) is 6.54 Å². The van der Waals surface area contributed by atoms with Gasteiger partial charge in [-0.1, -0.05) is 18.2 Å². The molecule has 5 nitrogen and oxygen atoms in total. The van der Waals surface area contributed by atoms with E-state index in [1.165, 1.54) is 0 Å². The molecular formula is C20H20N4O. The van der Waals surface area contributed by atoms with Crippen LogP contribution in [0.15, 0.2) is 67.0 Å². The third kappa shape index (κ3) is 4.69. The molecule has 0 spiro atoms. The first-order chi connectivity index (χ1) is 12.2. The second-order valence-electron chi connectivity index (χ2n) is 5.85. The molecule has 3 rings (SSSR count). The maximum absolute atomic E-state index is 8.79. The summed E-state index contributed by atoms with van der Waals surface area (Å²) < 4.78 is 7.60. The molecule has 0 atom stereocenters. The monoisotopic (exact) mass is 332 g/mol. The summed E-state index contributed by atoms with van der Waals surface area (Å²) in [4.78, 5) is 2.19. The maximum atomic E-state index is 8.79. The van der Waals surface area contributed by atoms with Gasteiger partial charge >= 0.3 is 0 Å². The summed E-state index contributed by atoms with van der Waals surface area (Å²) in [5, 5.41) is 13.2. The number of aromatic nitrogens is 2. The summed E-state index contributed by atoms with van der Waals surface area (Å²) in [5.74, 6) is 0.782. The summed E-state index contributed by atoms with van der Waals surface area (Å²) in [6.07, 6.45) is 3.94. The lowest BCUT2D eigenvalue weighted by Gasteiger charge is -2.16. The van der Waals surface area contributed by atoms with E-state index < -0.39 is 0 Å². The van der Waals surface area contributed by atoms with E-state index in [0.717, 1.165) is 30.1 Å². The summed E-state index contributed by atoms with van der Waals surface area (Å²) in [6, 6.07) is 19.3. The number of benzene rings is 2. The van der Waals surface area contributed by atoms with Crippen LogP contribution >= 0.6 is 0 Å². The smallest absolute Gasteiger partial charge is 0.119 e. The molecule has 0 aliphatic heterocycles. The average Bonchev–Trinajstić information content (AvgIpc) is 3.11. The molecule has 0 fully saturated rings. The highest BCUT2D eigenvalue weighted by Crippen LogP contribution is 2.12. The van der Waals surface area contributed by atoms with Gasteiger partial charge in [0.2, 0.25) is 0 Å². The Bertz CT molecular complexity index is 834. The van der Waals surface area contributed by atoms with E-state index in [-0.39, 0.29) is 0 Å². The van der Waals surface area contributed by atoms with E-state index in [0.29, 0.717) is 12.2 Å². The van der Waals surface area contributed by atoms with E-state index in [1.807, 2.05) is 59.5 Å². The minimum Gasteiger partial charge on any atom is -0.492 e. The van der Waals surface area contributed by atoms with Gasteiger partial charge in [0.15, 0.2) is 0 Å². The number of nitriles is 1. The molecule has 5 heteroatoms. The van der Waals surface area contributed by atoms with Gasteiger partial charge < -0.3 is 4.74 Å². The number of rotatable bonds is 7. The molecule has 1 heterocycles. The quantitative estimate of drug-likeness (QED) is 0.666. The normalized spacial score (nSPS) is 10.6. The Balaban J connectivity index is 1.47. The van der Waals surface area contributed by atoms with Gasteiger partial charge in [-0.2, -0.15) is 10.4 Å². The van der Waals surface area contributed by atoms with Crippen LogP contribution in [0.2, 0.25) is 0 Å². The fourth-order valence-electron chi connectivity index (χ4n) is 2.50. The van der Waals surface area contributed by atoms with Crippen LogP contribution in [0.4, 0.5) is 0 Å². The number of nitrogens with zero attached hydrogens (tertiary/aromatic N) is 4. The lowest BCUT2D eigenvalue weighted by Crippen LogP contribution is -2.23. The van der Waals surface area contributed by atoms with Gasteiger partial charge in [-0.05, 0) is 43.4 Å². The molecule has 1 aromatic heterocycles. The zero-order valence-electron chi connectivity index (χ0n) is 14.2. The highest BCUT2D eigenvalue weighted by atomic mass is 16.5. The molecule has 0 amide bonds. The van der Waals surface area contributed by atoms with Crippen molar-refractivity contribution < 1.29 is 4.74 Å². The molecule has 0 radical (unpaired) electrons. The summed E-state index contributed by atoms with van der Waals surface area (Å²) in [7, 11) is 2.06. The number of hydrogen-bond donors (Lipinski definition) is 0. The summed E-state index contributed by atoms with van der Waals surface area (Å²) in [5.41, 5.74) is 2.85. The van der Waals surface area contributed by atoms with Gasteiger partial charge in [0.05, 0.1) is 23.5 Å². The molecule has 2 aromatic carbocycles. The summed E-state index contributed by atoms with van der Waals surface area (Å²) in [6.45, 7) is 2.20. The first kappa shape index (κ1) is 16.7. The predicted molar refractivity (Wildman–Crippen MR) is 96.6 cm³/mol. The van der Waals surface area contributed by atoms with Crippen LogP contribution in [0.25, 0.3) is 5.69 Å². The van der Waals surface area contributed by atoms with E-state index in [2.05, 4.69) is 23.1 Å². The minimum atomic E-state index is 0.592. The van der Waals surface area contributed by atoms with Crippen molar-refractivity contribution in [3.63, 3.8) is 0 Å². The van der Waals surface area contributed by atoms with Crippen LogP contribution in [-0.4, -0.2) is 34.9 Å². The third-order valence-electron chi connectivity index (χ3n) is 3.83. The molecule has 0 saturated heterocycles. The van der Waals surface area contributed by atoms with Crippen LogP contribution in [0.3, 0.4) is 0 Å². The Hall–Kier alpha value is -3.10. The van der Waals surface area contributed by atoms with Gasteiger partial charge in [0, 0.05) is 24.8 Å². The molecule has 0 N–H and O–H groups in total. The van der Waals surface area contributed by atoms with Crippen molar-refractivity contribution >= 4 is 0 Å². The summed E-state index contributed by atoms with van der Waals surface area (Å²) >= 11 is 0. The average molecular weight is 332 g/mol. The van der Waals surface area contributed by atoms with Crippen LogP contribution in [0.1, 0.15) is 11.1 Å². The second kappa shape index (κ2) is 8.13. The molecule has 126 valence electrons. The Kier molecular flexibility index (Phi) is 5.45. The third-order valence-corrected chi connectivity index (χ3v) is 3.83. The van der Waals surface area contributed by atoms with E-state index >= 15 is 0 Å². The molecule has 25 heavy (non-hydrogen) atoms. The minimum absolute atomic E-state index is 0.592. The molecule has 0 aliphatic rings. The first-order valence-electron chi connectivity index (χ1n) is 8.15. The Morgan fingerprint density at radius 3 is 2.60 bits per heavy atom. The zero-order chi connectivity index (χ0) is 17.5. The largest absolute Gasteiger partial charge is 0.492 e. The van der Waals surface area contributed by atoms with Gasteiger partial charge in [-0.3, -0.25) is 4.90 Å². The van der Waals surface area contributed by atoms with Crippen LogP contribution < -0.4 is 4.74 Å². The lowest BCUT2D eigenvalue weighted by atomic mass is 10.2. The molecule has 0 aliphatic carbocycles. The van der Waals surface area contributed by atoms with Gasteiger partial charge in [0.25, 0.3) is 0 Å². The fraction of sp³-hybridized carbons (Fsp3) is 0.200. The van der Waals surface area contributed by atoms with Crippen molar-refractivity contribution in [2.75, 3.05) is 20.2 Å². The SMILES string of the molecule is CN(CCOc1ccc(C#N)cc1)Cc1cnn(-c2ccccc2)c1. The lowest BCUT2D eigenvalue weighted by molar-refractivity contribution is 0.233. The van der Waals surface area contributed by atoms with E-state index in [4.69, 9.17) is 10.00 Å². The number of para-hydroxylation sites is 1. The van der Waals surface area contributed by atoms with E-state index in [1.54, 1.807) is 12.1 Å². The predicted octanol–water partition coefficient (Wildman–Crippen LogP) is 3.25. The first-order valence-corrected chi connectivity index (χ1v) is 8.15. The topological polar surface area (TPSA) is 54.1 Å². The molecule has 0 bridgehead atoms. The van der Waals surface area contributed by atoms with Crippen molar-refractivity contribution in [2.24, 2.45) is 0 Å². The van der Waals surface area contributed by atoms with Gasteiger partial charge in [-0.15, -0.1) is 0 Å². The van der Waals surface area contributed by atoms with Crippen molar-refractivity contribution in [3.8, 4) is 17.5 Å². The Labute approximate surface area is 147 Å². The van der Waals surface area contributed by atoms with Crippen molar-refractivity contribution in [1.82, 2.24) is 14.7 Å².